The summed E-state index contributed by atoms with van der Waals surface area (Å²) in [6.07, 6.45) is 0. The van der Waals surface area contributed by atoms with Crippen molar-refractivity contribution >= 4 is 31.3 Å². The number of hydrogen-bond acceptors (Lipinski definition) is 3. The topological polar surface area (TPSA) is 29.5 Å². The van der Waals surface area contributed by atoms with E-state index in [1.54, 1.807) is 6.82 Å². The van der Waals surface area contributed by atoms with Gasteiger partial charge in [0.25, 0.3) is 0 Å². The SMILES string of the molecule is CB(F)c1ccc2c(c1)C1(c3ccccc3Sc3ccccc31)c1ccccc1-2.CC(C)B(O)OC(C)(C)C(C)(C)C. The van der Waals surface area contributed by atoms with E-state index in [1.807, 2.05) is 45.5 Å². The zero-order chi connectivity index (χ0) is 30.4. The molecule has 0 atom stereocenters. The summed E-state index contributed by atoms with van der Waals surface area (Å²) in [6, 6.07) is 32.2. The highest BCUT2D eigenvalue weighted by molar-refractivity contribution is 7.99. The van der Waals surface area contributed by atoms with Crippen molar-refractivity contribution in [2.45, 2.75) is 81.9 Å². The zero-order valence-corrected chi connectivity index (χ0v) is 26.9. The maximum Gasteiger partial charge on any atom is 0.457 e. The van der Waals surface area contributed by atoms with E-state index < -0.39 is 19.5 Å². The van der Waals surface area contributed by atoms with E-state index in [0.29, 0.717) is 0 Å². The van der Waals surface area contributed by atoms with Crippen LogP contribution in [0.1, 0.15) is 70.7 Å². The summed E-state index contributed by atoms with van der Waals surface area (Å²) in [5, 5.41) is 9.60. The summed E-state index contributed by atoms with van der Waals surface area (Å²) in [6.45, 7) is 14.9. The van der Waals surface area contributed by atoms with Gasteiger partial charge in [-0.1, -0.05) is 125 Å². The molecule has 0 amide bonds. The summed E-state index contributed by atoms with van der Waals surface area (Å²) in [5.41, 5.74) is 7.58. The van der Waals surface area contributed by atoms with Gasteiger partial charge in [0.05, 0.1) is 11.0 Å². The molecule has 0 saturated carbocycles. The molecule has 0 saturated heterocycles. The molecule has 6 heteroatoms. The monoisotopic (exact) mass is 578 g/mol. The van der Waals surface area contributed by atoms with Gasteiger partial charge in [0.2, 0.25) is 0 Å². The van der Waals surface area contributed by atoms with Crippen LogP contribution in [0.5, 0.6) is 0 Å². The van der Waals surface area contributed by atoms with Gasteiger partial charge in [-0.15, -0.1) is 0 Å². The minimum Gasteiger partial charge on any atom is -0.427 e. The van der Waals surface area contributed by atoms with Crippen LogP contribution in [0.3, 0.4) is 0 Å². The highest BCUT2D eigenvalue weighted by atomic mass is 32.2. The molecule has 0 unspecified atom stereocenters. The van der Waals surface area contributed by atoms with Crippen LogP contribution in [0, 0.1) is 5.41 Å². The Labute approximate surface area is 256 Å². The standard InChI is InChI=1S/C26H18BFS.C10H23BO2/c1-27(28)17-14-15-19-18-8-2-3-9-20(18)26(23(19)16-17)21-10-4-6-12-24(21)29-25-13-7-5-11-22(25)26;1-8(2)11(12)13-10(6,7)9(3,4)5/h2-16H,1H3;8,12H,1-7H3. The van der Waals surface area contributed by atoms with E-state index in [4.69, 9.17) is 4.65 Å². The van der Waals surface area contributed by atoms with Crippen LogP contribution in [0.4, 0.5) is 4.32 Å². The third-order valence-electron chi connectivity index (χ3n) is 9.12. The molecule has 4 aromatic carbocycles. The Morgan fingerprint density at radius 3 is 1.76 bits per heavy atom. The molecule has 2 nitrogen and oxygen atoms in total. The normalized spacial score (nSPS) is 14.4. The number of rotatable bonds is 4. The average molecular weight is 578 g/mol. The van der Waals surface area contributed by atoms with Gasteiger partial charge in [0, 0.05) is 9.79 Å². The molecule has 216 valence electrons. The first-order chi connectivity index (χ1) is 19.8. The molecule has 1 heterocycles. The summed E-state index contributed by atoms with van der Waals surface area (Å²) >= 11 is 1.83. The van der Waals surface area contributed by atoms with Crippen LogP contribution in [0.2, 0.25) is 12.6 Å². The van der Waals surface area contributed by atoms with Crippen molar-refractivity contribution in [1.82, 2.24) is 0 Å². The lowest BCUT2D eigenvalue weighted by Gasteiger charge is -2.40. The van der Waals surface area contributed by atoms with Crippen LogP contribution in [0.15, 0.2) is 101 Å². The van der Waals surface area contributed by atoms with Crippen molar-refractivity contribution < 1.29 is 14.0 Å². The predicted octanol–water partition coefficient (Wildman–Crippen LogP) is 9.03. The molecule has 1 aliphatic heterocycles. The third kappa shape index (κ3) is 5.16. The van der Waals surface area contributed by atoms with Crippen LogP contribution >= 0.6 is 11.8 Å². The van der Waals surface area contributed by atoms with Crippen LogP contribution in [-0.4, -0.2) is 24.7 Å². The predicted molar refractivity (Wildman–Crippen MR) is 178 cm³/mol. The second kappa shape index (κ2) is 11.4. The molecular formula is C36H41B2FO2S. The second-order valence-corrected chi connectivity index (χ2v) is 14.4. The Hall–Kier alpha value is -2.79. The van der Waals surface area contributed by atoms with Crippen LogP contribution < -0.4 is 5.46 Å². The van der Waals surface area contributed by atoms with Gasteiger partial charge >= 0.3 is 14.1 Å². The van der Waals surface area contributed by atoms with Gasteiger partial charge in [-0.05, 0) is 82.9 Å². The highest BCUT2D eigenvalue weighted by Crippen LogP contribution is 2.61. The second-order valence-electron chi connectivity index (χ2n) is 13.3. The zero-order valence-electron chi connectivity index (χ0n) is 26.0. The molecule has 0 aromatic heterocycles. The van der Waals surface area contributed by atoms with Gasteiger partial charge in [-0.3, -0.25) is 0 Å². The minimum absolute atomic E-state index is 0.0306. The average Bonchev–Trinajstić information content (AvgIpc) is 3.23. The molecule has 42 heavy (non-hydrogen) atoms. The highest BCUT2D eigenvalue weighted by Gasteiger charge is 2.50. The van der Waals surface area contributed by atoms with Gasteiger partial charge in [0.1, 0.15) is 0 Å². The quantitative estimate of drug-likeness (QED) is 0.212. The number of halogens is 1. The first-order valence-corrected chi connectivity index (χ1v) is 15.7. The Bertz CT molecular complexity index is 1550. The summed E-state index contributed by atoms with van der Waals surface area (Å²) in [5.74, 6) is 0.140. The van der Waals surface area contributed by atoms with Gasteiger partial charge in [-0.2, -0.15) is 0 Å². The molecule has 0 bridgehead atoms. The number of fused-ring (bicyclic) bond motifs is 9. The molecule has 1 aliphatic carbocycles. The first-order valence-electron chi connectivity index (χ1n) is 14.9. The molecule has 1 N–H and O–H groups in total. The lowest BCUT2D eigenvalue weighted by Crippen LogP contribution is -2.44. The van der Waals surface area contributed by atoms with E-state index in [0.717, 1.165) is 5.46 Å². The van der Waals surface area contributed by atoms with E-state index in [1.165, 1.54) is 43.2 Å². The molecule has 2 aliphatic rings. The lowest BCUT2D eigenvalue weighted by atomic mass is 9.63. The molecule has 1 spiro atoms. The molecule has 4 aromatic rings. The van der Waals surface area contributed by atoms with Crippen molar-refractivity contribution in [3.05, 3.63) is 113 Å². The van der Waals surface area contributed by atoms with Gasteiger partial charge < -0.3 is 14.0 Å². The van der Waals surface area contributed by atoms with E-state index in [-0.39, 0.29) is 16.8 Å². The lowest BCUT2D eigenvalue weighted by molar-refractivity contribution is -0.0179. The van der Waals surface area contributed by atoms with E-state index in [2.05, 4.69) is 106 Å². The Balaban J connectivity index is 0.000000232. The van der Waals surface area contributed by atoms with Crippen molar-refractivity contribution in [3.8, 4) is 11.1 Å². The first kappa shape index (κ1) is 30.7. The van der Waals surface area contributed by atoms with Crippen LogP contribution in [-0.2, 0) is 10.1 Å². The summed E-state index contributed by atoms with van der Waals surface area (Å²) < 4.78 is 20.0. The number of hydrogen-bond donors (Lipinski definition) is 1. The third-order valence-corrected chi connectivity index (χ3v) is 10.3. The Kier molecular flexibility index (Phi) is 8.30. The van der Waals surface area contributed by atoms with E-state index in [9.17, 15) is 9.34 Å². The Morgan fingerprint density at radius 2 is 1.24 bits per heavy atom. The summed E-state index contributed by atoms with van der Waals surface area (Å²) in [4.78, 5) is 2.54. The summed E-state index contributed by atoms with van der Waals surface area (Å²) in [7, 11) is -0.672. The van der Waals surface area contributed by atoms with Gasteiger partial charge in [-0.25, -0.2) is 0 Å². The fraction of sp³-hybridized carbons (Fsp3) is 0.333. The van der Waals surface area contributed by atoms with Crippen molar-refractivity contribution in [2.75, 3.05) is 0 Å². The fourth-order valence-electron chi connectivity index (χ4n) is 5.73. The molecule has 0 radical (unpaired) electrons. The smallest absolute Gasteiger partial charge is 0.427 e. The molecular weight excluding hydrogens is 537 g/mol. The van der Waals surface area contributed by atoms with Crippen molar-refractivity contribution in [1.29, 1.82) is 0 Å². The molecule has 6 rings (SSSR count). The molecule has 0 fully saturated rings. The van der Waals surface area contributed by atoms with Crippen molar-refractivity contribution in [2.24, 2.45) is 5.41 Å². The van der Waals surface area contributed by atoms with Crippen molar-refractivity contribution in [3.63, 3.8) is 0 Å². The van der Waals surface area contributed by atoms with E-state index >= 15 is 0 Å². The van der Waals surface area contributed by atoms with Crippen LogP contribution in [0.25, 0.3) is 11.1 Å². The van der Waals surface area contributed by atoms with Gasteiger partial charge in [0.15, 0.2) is 0 Å². The maximum absolute atomic E-state index is 14.4. The minimum atomic E-state index is -0.996. The maximum atomic E-state index is 14.4. The number of benzene rings is 4. The Morgan fingerprint density at radius 1 is 0.738 bits per heavy atom. The largest absolute Gasteiger partial charge is 0.457 e. The fourth-order valence-corrected chi connectivity index (χ4v) is 6.93.